The van der Waals surface area contributed by atoms with E-state index in [1.165, 1.54) is 4.57 Å². The number of aryl methyl sites for hydroxylation is 1. The maximum Gasteiger partial charge on any atom is 0.263 e. The number of nitrogens with zero attached hydrogens (tertiary/aromatic N) is 1. The van der Waals surface area contributed by atoms with Crippen LogP contribution in [0.25, 0.3) is 0 Å². The number of amides is 1. The van der Waals surface area contributed by atoms with Crippen molar-refractivity contribution in [2.45, 2.75) is 20.4 Å². The van der Waals surface area contributed by atoms with Crippen LogP contribution in [0.4, 0.5) is 5.69 Å². The largest absolute Gasteiger partial charge is 0.497 e. The van der Waals surface area contributed by atoms with E-state index >= 15 is 0 Å². The molecule has 138 valence electrons. The van der Waals surface area contributed by atoms with Crippen LogP contribution in [0.2, 0.25) is 0 Å². The molecule has 0 spiro atoms. The van der Waals surface area contributed by atoms with Gasteiger partial charge in [-0.3, -0.25) is 9.59 Å². The van der Waals surface area contributed by atoms with E-state index in [0.29, 0.717) is 12.2 Å². The number of carbonyl (C=O) groups is 1. The number of nitrogens with one attached hydrogen (secondary N) is 1. The lowest BCUT2D eigenvalue weighted by atomic mass is 10.1. The van der Waals surface area contributed by atoms with Crippen molar-refractivity contribution in [2.24, 2.45) is 0 Å². The second kappa shape index (κ2) is 7.91. The molecule has 3 aromatic rings. The van der Waals surface area contributed by atoms with E-state index in [-0.39, 0.29) is 11.1 Å². The van der Waals surface area contributed by atoms with Crippen LogP contribution in [0.1, 0.15) is 27.0 Å². The van der Waals surface area contributed by atoms with Gasteiger partial charge in [-0.25, -0.2) is 0 Å². The first-order valence-corrected chi connectivity index (χ1v) is 8.69. The summed E-state index contributed by atoms with van der Waals surface area (Å²) in [5, 5.41) is 2.85. The fourth-order valence-electron chi connectivity index (χ4n) is 2.88. The second-order valence-electron chi connectivity index (χ2n) is 6.41. The molecule has 5 heteroatoms. The van der Waals surface area contributed by atoms with Crippen molar-refractivity contribution in [3.8, 4) is 5.75 Å². The number of pyridine rings is 1. The maximum atomic E-state index is 12.8. The van der Waals surface area contributed by atoms with Crippen LogP contribution in [0.15, 0.2) is 65.6 Å². The third-order valence-electron chi connectivity index (χ3n) is 4.60. The number of ether oxygens (including phenoxy) is 1. The van der Waals surface area contributed by atoms with E-state index in [2.05, 4.69) is 5.32 Å². The lowest BCUT2D eigenvalue weighted by Gasteiger charge is -2.12. The van der Waals surface area contributed by atoms with E-state index in [4.69, 9.17) is 4.74 Å². The van der Waals surface area contributed by atoms with Crippen molar-refractivity contribution in [1.29, 1.82) is 0 Å². The molecule has 0 aliphatic heterocycles. The van der Waals surface area contributed by atoms with Crippen LogP contribution >= 0.6 is 0 Å². The van der Waals surface area contributed by atoms with E-state index in [9.17, 15) is 9.59 Å². The number of aromatic nitrogens is 1. The first-order valence-electron chi connectivity index (χ1n) is 8.69. The summed E-state index contributed by atoms with van der Waals surface area (Å²) in [6, 6.07) is 16.4. The fraction of sp³-hybridized carbons (Fsp3) is 0.182. The summed E-state index contributed by atoms with van der Waals surface area (Å²) < 4.78 is 6.74. The summed E-state index contributed by atoms with van der Waals surface area (Å²) in [6.07, 6.45) is 1.68. The van der Waals surface area contributed by atoms with Gasteiger partial charge >= 0.3 is 0 Å². The third kappa shape index (κ3) is 4.08. The first-order chi connectivity index (χ1) is 13.0. The summed E-state index contributed by atoms with van der Waals surface area (Å²) in [7, 11) is 1.60. The van der Waals surface area contributed by atoms with Crippen LogP contribution in [-0.2, 0) is 6.54 Å². The normalized spacial score (nSPS) is 10.5. The Bertz CT molecular complexity index is 1040. The van der Waals surface area contributed by atoms with Gasteiger partial charge in [0, 0.05) is 11.9 Å². The molecule has 27 heavy (non-hydrogen) atoms. The van der Waals surface area contributed by atoms with Gasteiger partial charge in [0.2, 0.25) is 0 Å². The molecular formula is C22H22N2O3. The van der Waals surface area contributed by atoms with Gasteiger partial charge in [0.25, 0.3) is 11.5 Å². The molecule has 0 saturated heterocycles. The van der Waals surface area contributed by atoms with Gasteiger partial charge in [-0.2, -0.15) is 0 Å². The molecule has 0 bridgehead atoms. The minimum absolute atomic E-state index is 0.112. The van der Waals surface area contributed by atoms with Crippen molar-refractivity contribution in [2.75, 3.05) is 12.4 Å². The first kappa shape index (κ1) is 18.5. The van der Waals surface area contributed by atoms with Crippen LogP contribution < -0.4 is 15.6 Å². The van der Waals surface area contributed by atoms with Gasteiger partial charge in [0.05, 0.1) is 13.7 Å². The quantitative estimate of drug-likeness (QED) is 0.751. The molecule has 0 radical (unpaired) electrons. The smallest absolute Gasteiger partial charge is 0.263 e. The predicted octanol–water partition coefficient (Wildman–Crippen LogP) is 3.77. The summed E-state index contributed by atoms with van der Waals surface area (Å²) >= 11 is 0. The number of hydrogen-bond donors (Lipinski definition) is 1. The molecule has 0 fully saturated rings. The average Bonchev–Trinajstić information content (AvgIpc) is 2.67. The Morgan fingerprint density at radius 3 is 2.63 bits per heavy atom. The maximum absolute atomic E-state index is 12.8. The topological polar surface area (TPSA) is 60.3 Å². The average molecular weight is 362 g/mol. The second-order valence-corrected chi connectivity index (χ2v) is 6.41. The zero-order valence-electron chi connectivity index (χ0n) is 15.7. The number of rotatable bonds is 5. The number of benzene rings is 2. The lowest BCUT2D eigenvalue weighted by molar-refractivity contribution is 0.102. The fourth-order valence-corrected chi connectivity index (χ4v) is 2.88. The van der Waals surface area contributed by atoms with Gasteiger partial charge in [0.15, 0.2) is 0 Å². The summed E-state index contributed by atoms with van der Waals surface area (Å²) in [4.78, 5) is 25.4. The standard InChI is InChI=1S/C22H22N2O3/c1-15-7-4-11-20(16(15)2)23-21(25)19-10-6-12-24(22(19)26)14-17-8-5-9-18(13-17)27-3/h4-13H,14H2,1-3H3,(H,23,25). The molecule has 3 rings (SSSR count). The molecule has 5 nitrogen and oxygen atoms in total. The zero-order valence-corrected chi connectivity index (χ0v) is 15.7. The molecular weight excluding hydrogens is 340 g/mol. The van der Waals surface area contributed by atoms with Gasteiger partial charge < -0.3 is 14.6 Å². The van der Waals surface area contributed by atoms with Crippen LogP contribution in [0.5, 0.6) is 5.75 Å². The number of anilines is 1. The zero-order chi connectivity index (χ0) is 19.4. The Labute approximate surface area is 158 Å². The molecule has 0 unspecified atom stereocenters. The minimum Gasteiger partial charge on any atom is -0.497 e. The van der Waals surface area contributed by atoms with Gasteiger partial charge in [-0.15, -0.1) is 0 Å². The molecule has 1 amide bonds. The highest BCUT2D eigenvalue weighted by Crippen LogP contribution is 2.18. The molecule has 0 saturated carbocycles. The highest BCUT2D eigenvalue weighted by Gasteiger charge is 2.14. The molecule has 0 aliphatic rings. The Morgan fingerprint density at radius 1 is 1.07 bits per heavy atom. The molecule has 1 aromatic heterocycles. The highest BCUT2D eigenvalue weighted by atomic mass is 16.5. The Hall–Kier alpha value is -3.34. The van der Waals surface area contributed by atoms with Gasteiger partial charge in [-0.05, 0) is 60.9 Å². The molecule has 2 aromatic carbocycles. The predicted molar refractivity (Wildman–Crippen MR) is 107 cm³/mol. The highest BCUT2D eigenvalue weighted by molar-refractivity contribution is 6.04. The number of hydrogen-bond acceptors (Lipinski definition) is 3. The number of carbonyl (C=O) groups excluding carboxylic acids is 1. The van der Waals surface area contributed by atoms with Crippen LogP contribution in [0, 0.1) is 13.8 Å². The summed E-state index contributed by atoms with van der Waals surface area (Å²) in [5.74, 6) is 0.318. The Morgan fingerprint density at radius 2 is 1.85 bits per heavy atom. The summed E-state index contributed by atoms with van der Waals surface area (Å²) in [5.41, 5.74) is 3.48. The van der Waals surface area contributed by atoms with E-state index in [0.717, 1.165) is 22.4 Å². The molecule has 1 heterocycles. The minimum atomic E-state index is -0.409. The number of methoxy groups -OCH3 is 1. The van der Waals surface area contributed by atoms with E-state index in [1.54, 1.807) is 25.4 Å². The van der Waals surface area contributed by atoms with Crippen molar-refractivity contribution >= 4 is 11.6 Å². The van der Waals surface area contributed by atoms with E-state index in [1.807, 2.05) is 56.3 Å². The van der Waals surface area contributed by atoms with Crippen LogP contribution in [-0.4, -0.2) is 17.6 Å². The van der Waals surface area contributed by atoms with E-state index < -0.39 is 5.91 Å². The van der Waals surface area contributed by atoms with Crippen molar-refractivity contribution < 1.29 is 9.53 Å². The molecule has 0 atom stereocenters. The van der Waals surface area contributed by atoms with Gasteiger partial charge in [-0.1, -0.05) is 24.3 Å². The van der Waals surface area contributed by atoms with Crippen molar-refractivity contribution in [3.05, 3.63) is 93.4 Å². The lowest BCUT2D eigenvalue weighted by Crippen LogP contribution is -2.29. The Balaban J connectivity index is 1.87. The monoisotopic (exact) mass is 362 g/mol. The SMILES string of the molecule is COc1cccc(Cn2cccc(C(=O)Nc3cccc(C)c3C)c2=O)c1. The van der Waals surface area contributed by atoms with Crippen molar-refractivity contribution in [1.82, 2.24) is 4.57 Å². The molecule has 0 aliphatic carbocycles. The Kier molecular flexibility index (Phi) is 5.41. The summed E-state index contributed by atoms with van der Waals surface area (Å²) in [6.45, 7) is 4.28. The van der Waals surface area contributed by atoms with Crippen molar-refractivity contribution in [3.63, 3.8) is 0 Å². The third-order valence-corrected chi connectivity index (χ3v) is 4.60. The molecule has 1 N–H and O–H groups in total. The van der Waals surface area contributed by atoms with Crippen LogP contribution in [0.3, 0.4) is 0 Å². The van der Waals surface area contributed by atoms with Gasteiger partial charge in [0.1, 0.15) is 11.3 Å².